The monoisotopic (exact) mass is 747 g/mol. The van der Waals surface area contributed by atoms with Gasteiger partial charge in [-0.2, -0.15) is 4.98 Å². The predicted molar refractivity (Wildman–Crippen MR) is 221 cm³/mol. The molecule has 0 bridgehead atoms. The summed E-state index contributed by atoms with van der Waals surface area (Å²) in [6, 6.07) is 6.40. The Labute approximate surface area is 325 Å². The van der Waals surface area contributed by atoms with Gasteiger partial charge in [0.1, 0.15) is 22.8 Å². The molecule has 1 N–H and O–H groups in total. The van der Waals surface area contributed by atoms with Crippen LogP contribution in [0.25, 0.3) is 11.0 Å². The second-order valence-electron chi connectivity index (χ2n) is 16.5. The Bertz CT molecular complexity index is 1600. The van der Waals surface area contributed by atoms with Crippen molar-refractivity contribution in [3.05, 3.63) is 41.9 Å². The number of carbonyl (C=O) groups excluding carboxylic acids is 2. The fourth-order valence-electron chi connectivity index (χ4n) is 7.77. The van der Waals surface area contributed by atoms with E-state index in [2.05, 4.69) is 51.7 Å². The van der Waals surface area contributed by atoms with Crippen molar-refractivity contribution in [1.29, 1.82) is 0 Å². The Hall–Kier alpha value is -3.73. The molecule has 0 atom stereocenters. The third-order valence-electron chi connectivity index (χ3n) is 11.1. The van der Waals surface area contributed by atoms with Crippen LogP contribution in [0, 0.1) is 0 Å². The lowest BCUT2D eigenvalue weighted by atomic mass is 9.68. The van der Waals surface area contributed by atoms with Crippen molar-refractivity contribution in [1.82, 2.24) is 34.2 Å². The number of piperidine rings is 1. The number of aromatic nitrogens is 4. The minimum absolute atomic E-state index is 0.000529. The molecule has 5 heterocycles. The van der Waals surface area contributed by atoms with Crippen molar-refractivity contribution in [2.24, 2.45) is 0 Å². The Balaban J connectivity index is 0.000000255. The molecule has 7 rings (SSSR count). The summed E-state index contributed by atoms with van der Waals surface area (Å²) in [6.45, 7) is 17.3. The van der Waals surface area contributed by atoms with Gasteiger partial charge in [0.25, 0.3) is 5.91 Å². The lowest BCUT2D eigenvalue weighted by molar-refractivity contribution is -0.0792. The number of fused-ring (bicyclic) bond motifs is 1. The van der Waals surface area contributed by atoms with Crippen LogP contribution in [0.5, 0.6) is 0 Å². The third-order valence-corrected chi connectivity index (χ3v) is 11.1. The van der Waals surface area contributed by atoms with Gasteiger partial charge in [-0.1, -0.05) is 65.9 Å². The average Bonchev–Trinajstić information content (AvgIpc) is 3.77. The molecule has 2 amide bonds. The number of anilines is 2. The number of rotatable bonds is 7. The normalized spacial score (nSPS) is 18.2. The van der Waals surface area contributed by atoms with Crippen molar-refractivity contribution < 1.29 is 14.3 Å². The molecule has 0 aromatic carbocycles. The van der Waals surface area contributed by atoms with Gasteiger partial charge in [-0.05, 0) is 116 Å². The fourth-order valence-corrected chi connectivity index (χ4v) is 7.77. The molecule has 11 heteroatoms. The van der Waals surface area contributed by atoms with E-state index in [1.807, 2.05) is 57.8 Å². The SMILES string of the molecule is CC.CC(C)(C)OC(=O)N1CCC12CCC2.CCCCC.CN1CCC(c2ccc(Nc3ncc4cc(C(=O)N(C)C)n(C5CCCC5)c4n3)nc2)CC1. The minimum atomic E-state index is -0.363. The largest absolute Gasteiger partial charge is 0.444 e. The highest BCUT2D eigenvalue weighted by atomic mass is 16.6. The first-order chi connectivity index (χ1) is 25.8. The first-order valence-corrected chi connectivity index (χ1v) is 20.9. The summed E-state index contributed by atoms with van der Waals surface area (Å²) in [7, 11) is 5.76. The van der Waals surface area contributed by atoms with E-state index in [1.54, 1.807) is 25.2 Å². The zero-order chi connectivity index (χ0) is 39.5. The quantitative estimate of drug-likeness (QED) is 0.255. The third kappa shape index (κ3) is 10.9. The molecule has 2 saturated heterocycles. The molecule has 11 nitrogen and oxygen atoms in total. The Kier molecular flexibility index (Phi) is 15.7. The van der Waals surface area contributed by atoms with E-state index in [0.717, 1.165) is 49.3 Å². The van der Waals surface area contributed by atoms with E-state index in [1.165, 1.54) is 76.2 Å². The number of nitrogens with one attached hydrogen (secondary N) is 1. The average molecular weight is 747 g/mol. The molecule has 0 radical (unpaired) electrons. The van der Waals surface area contributed by atoms with E-state index < -0.39 is 0 Å². The van der Waals surface area contributed by atoms with E-state index in [4.69, 9.17) is 9.72 Å². The summed E-state index contributed by atoms with van der Waals surface area (Å²) >= 11 is 0. The van der Waals surface area contributed by atoms with Gasteiger partial charge < -0.3 is 29.3 Å². The van der Waals surface area contributed by atoms with E-state index in [-0.39, 0.29) is 23.1 Å². The molecule has 3 aromatic rings. The van der Waals surface area contributed by atoms with Crippen LogP contribution in [0.15, 0.2) is 30.6 Å². The van der Waals surface area contributed by atoms with Crippen LogP contribution in [0.3, 0.4) is 0 Å². The van der Waals surface area contributed by atoms with E-state index >= 15 is 0 Å². The highest BCUT2D eigenvalue weighted by molar-refractivity contribution is 5.98. The molecule has 54 heavy (non-hydrogen) atoms. The summed E-state index contributed by atoms with van der Waals surface area (Å²) in [6.07, 6.45) is 19.4. The number of likely N-dealkylation sites (tertiary alicyclic amines) is 2. The molecular formula is C43H70N8O3. The van der Waals surface area contributed by atoms with Crippen molar-refractivity contribution in [2.45, 2.75) is 155 Å². The summed E-state index contributed by atoms with van der Waals surface area (Å²) in [4.78, 5) is 44.5. The van der Waals surface area contributed by atoms with Gasteiger partial charge in [0.15, 0.2) is 0 Å². The summed E-state index contributed by atoms with van der Waals surface area (Å²) in [5.41, 5.74) is 2.65. The van der Waals surface area contributed by atoms with Crippen LogP contribution < -0.4 is 5.32 Å². The number of carbonyl (C=O) groups is 2. The van der Waals surface area contributed by atoms with Gasteiger partial charge in [-0.25, -0.2) is 14.8 Å². The highest BCUT2D eigenvalue weighted by Crippen LogP contribution is 2.47. The van der Waals surface area contributed by atoms with Crippen molar-refractivity contribution in [3.63, 3.8) is 0 Å². The van der Waals surface area contributed by atoms with E-state index in [9.17, 15) is 9.59 Å². The van der Waals surface area contributed by atoms with Crippen molar-refractivity contribution >= 4 is 34.8 Å². The van der Waals surface area contributed by atoms with Gasteiger partial charge in [-0.15, -0.1) is 0 Å². The number of amides is 2. The second-order valence-corrected chi connectivity index (χ2v) is 16.5. The Morgan fingerprint density at radius 3 is 2.07 bits per heavy atom. The number of nitrogens with zero attached hydrogens (tertiary/aromatic N) is 7. The molecule has 1 spiro atoms. The molecular weight excluding hydrogens is 677 g/mol. The van der Waals surface area contributed by atoms with Gasteiger partial charge >= 0.3 is 6.09 Å². The Morgan fingerprint density at radius 2 is 1.59 bits per heavy atom. The highest BCUT2D eigenvalue weighted by Gasteiger charge is 2.52. The van der Waals surface area contributed by atoms with Gasteiger partial charge in [-0.3, -0.25) is 4.79 Å². The van der Waals surface area contributed by atoms with Gasteiger partial charge in [0.2, 0.25) is 5.95 Å². The van der Waals surface area contributed by atoms with Crippen LogP contribution in [0.4, 0.5) is 16.6 Å². The van der Waals surface area contributed by atoms with Crippen molar-refractivity contribution in [2.75, 3.05) is 46.1 Å². The van der Waals surface area contributed by atoms with Gasteiger partial charge in [0, 0.05) is 50.0 Å². The zero-order valence-electron chi connectivity index (χ0n) is 35.2. The summed E-state index contributed by atoms with van der Waals surface area (Å²) < 4.78 is 7.49. The second kappa shape index (κ2) is 19.7. The maximum absolute atomic E-state index is 12.9. The van der Waals surface area contributed by atoms with Crippen LogP contribution in [0.2, 0.25) is 0 Å². The molecule has 2 aliphatic heterocycles. The number of hydrogen-bond donors (Lipinski definition) is 1. The van der Waals surface area contributed by atoms with Crippen LogP contribution in [-0.4, -0.2) is 98.1 Å². The van der Waals surface area contributed by atoms with Crippen LogP contribution in [0.1, 0.15) is 160 Å². The molecule has 2 saturated carbocycles. The standard InChI is InChI=1S/C25H33N7O.C11H19NO2.C5H12.C2H6/c1-30(2)24(33)21-14-19-16-27-25(29-23(19)32(21)20-6-4-5-7-20)28-22-9-8-18(15-26-22)17-10-12-31(3)13-11-17;1-10(2,3)14-9(13)12-8-7-11(12)5-4-6-11;1-3-5-4-2;1-2/h8-9,14-17,20H,4-7,10-13H2,1-3H3,(H,26,27,28,29);4-8H2,1-3H3;3-5H2,1-2H3;1-2H3. The molecule has 4 fully saturated rings. The number of pyridine rings is 1. The number of unbranched alkanes of at least 4 members (excludes halogenated alkanes) is 2. The van der Waals surface area contributed by atoms with Crippen molar-refractivity contribution in [3.8, 4) is 0 Å². The smallest absolute Gasteiger partial charge is 0.410 e. The van der Waals surface area contributed by atoms with Crippen LogP contribution >= 0.6 is 0 Å². The zero-order valence-corrected chi connectivity index (χ0v) is 35.2. The number of ether oxygens (including phenoxy) is 1. The van der Waals surface area contributed by atoms with E-state index in [0.29, 0.717) is 23.6 Å². The van der Waals surface area contributed by atoms with Crippen LogP contribution in [-0.2, 0) is 4.74 Å². The summed E-state index contributed by atoms with van der Waals surface area (Å²) in [5, 5.41) is 4.15. The first kappa shape index (κ1) is 43.0. The molecule has 0 unspecified atom stereocenters. The topological polar surface area (TPSA) is 109 Å². The number of hydrogen-bond acceptors (Lipinski definition) is 8. The minimum Gasteiger partial charge on any atom is -0.444 e. The van der Waals surface area contributed by atoms with Gasteiger partial charge in [0.05, 0.1) is 0 Å². The first-order valence-electron chi connectivity index (χ1n) is 20.9. The lowest BCUT2D eigenvalue weighted by Gasteiger charge is -2.58. The fraction of sp³-hybridized carbons (Fsp3) is 0.698. The molecule has 4 aliphatic rings. The lowest BCUT2D eigenvalue weighted by Crippen LogP contribution is -2.66. The molecule has 3 aromatic heterocycles. The molecule has 300 valence electrons. The maximum Gasteiger partial charge on any atom is 0.410 e. The summed E-state index contributed by atoms with van der Waals surface area (Å²) in [5.74, 6) is 1.82. The maximum atomic E-state index is 12.9. The predicted octanol–water partition coefficient (Wildman–Crippen LogP) is 9.97. The molecule has 2 aliphatic carbocycles. The Morgan fingerprint density at radius 1 is 0.926 bits per heavy atom.